The van der Waals surface area contributed by atoms with Gasteiger partial charge in [-0.2, -0.15) is 4.31 Å². The van der Waals surface area contributed by atoms with E-state index in [9.17, 15) is 13.2 Å². The maximum absolute atomic E-state index is 12.9. The van der Waals surface area contributed by atoms with E-state index in [0.717, 1.165) is 25.7 Å². The highest BCUT2D eigenvalue weighted by Crippen LogP contribution is 2.31. The summed E-state index contributed by atoms with van der Waals surface area (Å²) in [6.07, 6.45) is 3.87. The first-order valence-corrected chi connectivity index (χ1v) is 10.1. The summed E-state index contributed by atoms with van der Waals surface area (Å²) < 4.78 is 32.7. The molecule has 0 bridgehead atoms. The third-order valence-corrected chi connectivity index (χ3v) is 6.20. The molecule has 0 aliphatic carbocycles. The Morgan fingerprint density at radius 2 is 1.72 bits per heavy atom. The Hall–Kier alpha value is -1.60. The van der Waals surface area contributed by atoms with Crippen LogP contribution in [0.4, 0.5) is 5.69 Å². The quantitative estimate of drug-likeness (QED) is 0.885. The number of amides is 1. The van der Waals surface area contributed by atoms with Crippen molar-refractivity contribution in [1.29, 1.82) is 0 Å². The largest absolute Gasteiger partial charge is 0.495 e. The molecule has 1 amide bonds. The minimum atomic E-state index is -3.58. The van der Waals surface area contributed by atoms with Gasteiger partial charge in [0, 0.05) is 18.5 Å². The molecule has 1 heterocycles. The number of carbonyl (C=O) groups is 1. The Kier molecular flexibility index (Phi) is 6.11. The van der Waals surface area contributed by atoms with Crippen molar-refractivity contribution in [1.82, 2.24) is 4.31 Å². The number of sulfonamides is 1. The van der Waals surface area contributed by atoms with Gasteiger partial charge in [-0.1, -0.05) is 33.6 Å². The average molecular weight is 368 g/mol. The van der Waals surface area contributed by atoms with Gasteiger partial charge in [-0.15, -0.1) is 0 Å². The maximum atomic E-state index is 12.9. The molecular formula is C18H28N2O4S. The fraction of sp³-hybridized carbons (Fsp3) is 0.611. The van der Waals surface area contributed by atoms with E-state index < -0.39 is 15.4 Å². The lowest BCUT2D eigenvalue weighted by atomic mass is 9.95. The number of rotatable bonds is 4. The van der Waals surface area contributed by atoms with E-state index in [2.05, 4.69) is 5.32 Å². The number of carbonyl (C=O) groups excluding carboxylic acids is 1. The zero-order chi connectivity index (χ0) is 18.7. The fourth-order valence-corrected chi connectivity index (χ4v) is 4.23. The average Bonchev–Trinajstić information content (AvgIpc) is 2.83. The maximum Gasteiger partial charge on any atom is 0.243 e. The van der Waals surface area contributed by atoms with Crippen LogP contribution >= 0.6 is 0 Å². The van der Waals surface area contributed by atoms with Crippen LogP contribution in [0.2, 0.25) is 0 Å². The van der Waals surface area contributed by atoms with Crippen LogP contribution in [0, 0.1) is 5.41 Å². The molecular weight excluding hydrogens is 340 g/mol. The lowest BCUT2D eigenvalue weighted by Gasteiger charge is -2.22. The van der Waals surface area contributed by atoms with Gasteiger partial charge < -0.3 is 10.1 Å². The Morgan fingerprint density at radius 3 is 2.24 bits per heavy atom. The molecule has 1 aliphatic heterocycles. The molecule has 0 aromatic heterocycles. The third-order valence-electron chi connectivity index (χ3n) is 4.30. The highest BCUT2D eigenvalue weighted by atomic mass is 32.2. The summed E-state index contributed by atoms with van der Waals surface area (Å²) in [6, 6.07) is 4.61. The van der Waals surface area contributed by atoms with Gasteiger partial charge in [-0.05, 0) is 31.0 Å². The first-order valence-electron chi connectivity index (χ1n) is 8.66. The molecule has 1 fully saturated rings. The Balaban J connectivity index is 2.35. The lowest BCUT2D eigenvalue weighted by molar-refractivity contribution is -0.123. The second kappa shape index (κ2) is 7.74. The molecule has 1 N–H and O–H groups in total. The molecule has 6 nitrogen and oxygen atoms in total. The van der Waals surface area contributed by atoms with Crippen LogP contribution in [0.5, 0.6) is 5.75 Å². The lowest BCUT2D eigenvalue weighted by Crippen LogP contribution is -2.32. The first kappa shape index (κ1) is 19.7. The van der Waals surface area contributed by atoms with Crippen LogP contribution in [0.15, 0.2) is 23.1 Å². The van der Waals surface area contributed by atoms with Crippen LogP contribution in [-0.4, -0.2) is 38.8 Å². The van der Waals surface area contributed by atoms with Crippen molar-refractivity contribution < 1.29 is 17.9 Å². The zero-order valence-corrected chi connectivity index (χ0v) is 16.3. The smallest absolute Gasteiger partial charge is 0.243 e. The number of hydrogen-bond acceptors (Lipinski definition) is 4. The first-order chi connectivity index (χ1) is 11.7. The Bertz CT molecular complexity index is 715. The van der Waals surface area contributed by atoms with Crippen LogP contribution < -0.4 is 10.1 Å². The summed E-state index contributed by atoms with van der Waals surface area (Å²) >= 11 is 0. The van der Waals surface area contributed by atoms with Crippen molar-refractivity contribution in [3.05, 3.63) is 18.2 Å². The summed E-state index contributed by atoms with van der Waals surface area (Å²) in [5.41, 5.74) is -0.219. The predicted molar refractivity (Wildman–Crippen MR) is 98.3 cm³/mol. The van der Waals surface area contributed by atoms with E-state index in [1.165, 1.54) is 23.5 Å². The van der Waals surface area contributed by atoms with Crippen molar-refractivity contribution in [3.8, 4) is 5.75 Å². The highest BCUT2D eigenvalue weighted by Gasteiger charge is 2.27. The molecule has 0 saturated carbocycles. The van der Waals surface area contributed by atoms with Crippen LogP contribution in [0.25, 0.3) is 0 Å². The highest BCUT2D eigenvalue weighted by molar-refractivity contribution is 7.89. The van der Waals surface area contributed by atoms with Crippen molar-refractivity contribution in [3.63, 3.8) is 0 Å². The van der Waals surface area contributed by atoms with E-state index in [-0.39, 0.29) is 10.8 Å². The minimum Gasteiger partial charge on any atom is -0.495 e. The van der Waals surface area contributed by atoms with Gasteiger partial charge >= 0.3 is 0 Å². The van der Waals surface area contributed by atoms with E-state index >= 15 is 0 Å². The summed E-state index contributed by atoms with van der Waals surface area (Å²) in [4.78, 5) is 12.5. The van der Waals surface area contributed by atoms with Gasteiger partial charge in [0.1, 0.15) is 5.75 Å². The van der Waals surface area contributed by atoms with E-state index in [1.807, 2.05) is 0 Å². The number of nitrogens with one attached hydrogen (secondary N) is 1. The second-order valence-corrected chi connectivity index (χ2v) is 9.32. The van der Waals surface area contributed by atoms with Crippen molar-refractivity contribution in [2.24, 2.45) is 5.41 Å². The molecule has 25 heavy (non-hydrogen) atoms. The summed E-state index contributed by atoms with van der Waals surface area (Å²) in [7, 11) is -2.09. The Morgan fingerprint density at radius 1 is 1.12 bits per heavy atom. The number of hydrogen-bond donors (Lipinski definition) is 1. The van der Waals surface area contributed by atoms with Crippen LogP contribution in [0.3, 0.4) is 0 Å². The number of ether oxygens (including phenoxy) is 1. The molecule has 1 aliphatic rings. The van der Waals surface area contributed by atoms with E-state index in [1.54, 1.807) is 26.8 Å². The topological polar surface area (TPSA) is 75.7 Å². The molecule has 0 spiro atoms. The third kappa shape index (κ3) is 4.73. The molecule has 0 unspecified atom stereocenters. The normalized spacial score (nSPS) is 17.0. The molecule has 0 radical (unpaired) electrons. The van der Waals surface area contributed by atoms with E-state index in [0.29, 0.717) is 24.5 Å². The van der Waals surface area contributed by atoms with Gasteiger partial charge in [0.2, 0.25) is 15.9 Å². The summed E-state index contributed by atoms with van der Waals surface area (Å²) in [5, 5.41) is 2.78. The van der Waals surface area contributed by atoms with E-state index in [4.69, 9.17) is 4.74 Å². The number of benzene rings is 1. The molecule has 1 saturated heterocycles. The number of nitrogens with zero attached hydrogens (tertiary/aromatic N) is 1. The summed E-state index contributed by atoms with van der Waals surface area (Å²) in [5.74, 6) is 0.238. The second-order valence-electron chi connectivity index (χ2n) is 7.38. The van der Waals surface area contributed by atoms with Gasteiger partial charge in [-0.3, -0.25) is 4.79 Å². The minimum absolute atomic E-state index is 0.180. The number of methoxy groups -OCH3 is 1. The number of anilines is 1. The van der Waals surface area contributed by atoms with Gasteiger partial charge in [0.15, 0.2) is 0 Å². The predicted octanol–water partition coefficient (Wildman–Crippen LogP) is 3.24. The molecule has 2 rings (SSSR count). The SMILES string of the molecule is COc1ccc(S(=O)(=O)N2CCCCCC2)cc1NC(=O)C(C)(C)C. The molecule has 1 aromatic carbocycles. The Labute approximate surface area is 150 Å². The molecule has 7 heteroatoms. The van der Waals surface area contributed by atoms with Crippen LogP contribution in [-0.2, 0) is 14.8 Å². The van der Waals surface area contributed by atoms with Crippen molar-refractivity contribution >= 4 is 21.6 Å². The van der Waals surface area contributed by atoms with Crippen molar-refractivity contribution in [2.75, 3.05) is 25.5 Å². The van der Waals surface area contributed by atoms with Crippen molar-refractivity contribution in [2.45, 2.75) is 51.3 Å². The van der Waals surface area contributed by atoms with Gasteiger partial charge in [0.25, 0.3) is 0 Å². The molecule has 0 atom stereocenters. The standard InChI is InChI=1S/C18H28N2O4S/c1-18(2,3)17(21)19-15-13-14(9-10-16(15)24-4)25(22,23)20-11-7-5-6-8-12-20/h9-10,13H,5-8,11-12H2,1-4H3,(H,19,21). The monoisotopic (exact) mass is 368 g/mol. The molecule has 140 valence electrons. The van der Waals surface area contributed by atoms with Crippen LogP contribution in [0.1, 0.15) is 46.5 Å². The summed E-state index contributed by atoms with van der Waals surface area (Å²) in [6.45, 7) is 6.47. The van der Waals surface area contributed by atoms with Gasteiger partial charge in [0.05, 0.1) is 17.7 Å². The zero-order valence-electron chi connectivity index (χ0n) is 15.5. The van der Waals surface area contributed by atoms with Gasteiger partial charge in [-0.25, -0.2) is 8.42 Å². The molecule has 1 aromatic rings. The fourth-order valence-electron chi connectivity index (χ4n) is 2.69.